The van der Waals surface area contributed by atoms with Gasteiger partial charge in [-0.15, -0.1) is 0 Å². The van der Waals surface area contributed by atoms with Crippen molar-refractivity contribution < 1.29 is 19.4 Å². The number of carboxylic acids is 1. The lowest BCUT2D eigenvalue weighted by Crippen LogP contribution is -2.42. The smallest absolute Gasteiger partial charge is 0.326 e. The average molecular weight is 315 g/mol. The van der Waals surface area contributed by atoms with Crippen LogP contribution < -0.4 is 15.4 Å². The van der Waals surface area contributed by atoms with Gasteiger partial charge < -0.3 is 20.5 Å². The quantitative estimate of drug-likeness (QED) is 0.721. The summed E-state index contributed by atoms with van der Waals surface area (Å²) in [4.78, 5) is 22.9. The first-order valence-electron chi connectivity index (χ1n) is 6.61. The number of anilines is 1. The molecule has 6 nitrogen and oxygen atoms in total. The molecule has 1 atom stereocenters. The van der Waals surface area contributed by atoms with Gasteiger partial charge in [0.25, 0.3) is 0 Å². The van der Waals surface area contributed by atoms with Crippen molar-refractivity contribution in [3.63, 3.8) is 0 Å². The Morgan fingerprint density at radius 1 is 1.43 bits per heavy atom. The molecule has 7 heteroatoms. The topological polar surface area (TPSA) is 87.7 Å². The van der Waals surface area contributed by atoms with E-state index in [9.17, 15) is 9.59 Å². The van der Waals surface area contributed by atoms with E-state index < -0.39 is 18.0 Å². The Hall–Kier alpha value is -1.95. The molecule has 0 saturated carbocycles. The third kappa shape index (κ3) is 5.51. The van der Waals surface area contributed by atoms with Crippen molar-refractivity contribution in [1.82, 2.24) is 5.32 Å². The van der Waals surface area contributed by atoms with Gasteiger partial charge in [0.15, 0.2) is 0 Å². The molecule has 0 spiro atoms. The number of hydrogen-bond donors (Lipinski definition) is 3. The van der Waals surface area contributed by atoms with Crippen LogP contribution in [0.25, 0.3) is 0 Å². The predicted molar refractivity (Wildman–Crippen MR) is 81.1 cm³/mol. The monoisotopic (exact) mass is 314 g/mol. The highest BCUT2D eigenvalue weighted by atomic mass is 35.5. The number of carboxylic acid groups (broad SMARTS) is 1. The van der Waals surface area contributed by atoms with Gasteiger partial charge in [-0.25, -0.2) is 9.59 Å². The summed E-state index contributed by atoms with van der Waals surface area (Å²) in [5.74, 6) is -0.623. The van der Waals surface area contributed by atoms with Gasteiger partial charge in [-0.2, -0.15) is 0 Å². The molecule has 0 fully saturated rings. The van der Waals surface area contributed by atoms with Crippen LogP contribution in [-0.2, 0) is 4.79 Å². The molecule has 1 aromatic rings. The number of urea groups is 1. The zero-order chi connectivity index (χ0) is 15.8. The summed E-state index contributed by atoms with van der Waals surface area (Å²) in [5.41, 5.74) is 0.466. The van der Waals surface area contributed by atoms with E-state index in [4.69, 9.17) is 21.4 Å². The van der Waals surface area contributed by atoms with Crippen molar-refractivity contribution in [3.8, 4) is 5.75 Å². The minimum Gasteiger partial charge on any atom is -0.495 e. The molecule has 0 saturated heterocycles. The van der Waals surface area contributed by atoms with E-state index in [0.29, 0.717) is 22.9 Å². The van der Waals surface area contributed by atoms with Crippen LogP contribution >= 0.6 is 11.6 Å². The Morgan fingerprint density at radius 2 is 2.14 bits per heavy atom. The standard InChI is InChI=1S/C14H19ClN2O4/c1-3-4-5-11(13(18)19)17-14(20)16-9-6-7-10(15)12(8-9)21-2/h6-8,11H,3-5H2,1-2H3,(H,18,19)(H2,16,17,20). The first-order chi connectivity index (χ1) is 9.97. The normalized spacial score (nSPS) is 11.6. The summed E-state index contributed by atoms with van der Waals surface area (Å²) in [6.07, 6.45) is 1.98. The van der Waals surface area contributed by atoms with Crippen molar-refractivity contribution in [2.45, 2.75) is 32.2 Å². The van der Waals surface area contributed by atoms with E-state index in [1.54, 1.807) is 18.2 Å². The second-order valence-electron chi connectivity index (χ2n) is 4.48. The summed E-state index contributed by atoms with van der Waals surface area (Å²) in [5, 5.41) is 14.5. The number of aliphatic carboxylic acids is 1. The lowest BCUT2D eigenvalue weighted by Gasteiger charge is -2.15. The summed E-state index contributed by atoms with van der Waals surface area (Å²) in [6.45, 7) is 1.96. The second kappa shape index (κ2) is 8.36. The van der Waals surface area contributed by atoms with E-state index in [0.717, 1.165) is 12.8 Å². The van der Waals surface area contributed by atoms with Crippen LogP contribution in [0.5, 0.6) is 5.75 Å². The van der Waals surface area contributed by atoms with Gasteiger partial charge in [0.2, 0.25) is 0 Å². The molecule has 0 aliphatic carbocycles. The molecule has 21 heavy (non-hydrogen) atoms. The van der Waals surface area contributed by atoms with Gasteiger partial charge in [0.05, 0.1) is 12.1 Å². The molecule has 116 valence electrons. The van der Waals surface area contributed by atoms with Crippen LogP contribution in [0.1, 0.15) is 26.2 Å². The predicted octanol–water partition coefficient (Wildman–Crippen LogP) is 3.11. The maximum absolute atomic E-state index is 11.8. The number of unbranched alkanes of at least 4 members (excludes halogenated alkanes) is 1. The van der Waals surface area contributed by atoms with E-state index >= 15 is 0 Å². The SMILES string of the molecule is CCCCC(NC(=O)Nc1ccc(Cl)c(OC)c1)C(=O)O. The first-order valence-corrected chi connectivity index (χ1v) is 6.99. The van der Waals surface area contributed by atoms with Gasteiger partial charge in [-0.1, -0.05) is 31.4 Å². The molecule has 0 aliphatic rings. The Bertz CT molecular complexity index is 508. The Labute approximate surface area is 128 Å². The van der Waals surface area contributed by atoms with Crippen LogP contribution in [0.15, 0.2) is 18.2 Å². The Kier molecular flexibility index (Phi) is 6.81. The molecule has 0 bridgehead atoms. The number of halogens is 1. The number of carbonyl (C=O) groups is 2. The number of benzene rings is 1. The van der Waals surface area contributed by atoms with Crippen LogP contribution in [0.4, 0.5) is 10.5 Å². The lowest BCUT2D eigenvalue weighted by atomic mass is 10.1. The fourth-order valence-corrected chi connectivity index (χ4v) is 1.92. The number of rotatable bonds is 7. The molecule has 3 N–H and O–H groups in total. The van der Waals surface area contributed by atoms with Crippen molar-refractivity contribution in [3.05, 3.63) is 23.2 Å². The molecule has 1 aromatic carbocycles. The number of carbonyl (C=O) groups excluding carboxylic acids is 1. The summed E-state index contributed by atoms with van der Waals surface area (Å²) in [7, 11) is 1.47. The van der Waals surface area contributed by atoms with Crippen molar-refractivity contribution in [1.29, 1.82) is 0 Å². The number of nitrogens with one attached hydrogen (secondary N) is 2. The molecule has 0 aromatic heterocycles. The molecule has 1 unspecified atom stereocenters. The van der Waals surface area contributed by atoms with E-state index in [1.165, 1.54) is 7.11 Å². The summed E-state index contributed by atoms with van der Waals surface area (Å²) >= 11 is 5.88. The van der Waals surface area contributed by atoms with Gasteiger partial charge in [-0.05, 0) is 18.6 Å². The zero-order valence-electron chi connectivity index (χ0n) is 12.0. The average Bonchev–Trinajstić information content (AvgIpc) is 2.45. The number of hydrogen-bond acceptors (Lipinski definition) is 3. The molecule has 0 aliphatic heterocycles. The van der Waals surface area contributed by atoms with E-state index in [-0.39, 0.29) is 0 Å². The van der Waals surface area contributed by atoms with Crippen LogP contribution in [0.2, 0.25) is 5.02 Å². The summed E-state index contributed by atoms with van der Waals surface area (Å²) in [6, 6.07) is 3.26. The Balaban J connectivity index is 2.65. The van der Waals surface area contributed by atoms with Crippen LogP contribution in [-0.4, -0.2) is 30.3 Å². The molecule has 0 heterocycles. The van der Waals surface area contributed by atoms with Gasteiger partial charge in [0.1, 0.15) is 11.8 Å². The second-order valence-corrected chi connectivity index (χ2v) is 4.89. The number of methoxy groups -OCH3 is 1. The largest absolute Gasteiger partial charge is 0.495 e. The van der Waals surface area contributed by atoms with Gasteiger partial charge in [-0.3, -0.25) is 0 Å². The minimum absolute atomic E-state index is 0.392. The number of amides is 2. The third-order valence-corrected chi connectivity index (χ3v) is 3.17. The minimum atomic E-state index is -1.05. The third-order valence-electron chi connectivity index (χ3n) is 2.86. The molecule has 1 rings (SSSR count). The van der Waals surface area contributed by atoms with Gasteiger partial charge in [0, 0.05) is 11.8 Å². The lowest BCUT2D eigenvalue weighted by molar-refractivity contribution is -0.139. The van der Waals surface area contributed by atoms with Crippen molar-refractivity contribution in [2.24, 2.45) is 0 Å². The van der Waals surface area contributed by atoms with Crippen molar-refractivity contribution in [2.75, 3.05) is 12.4 Å². The summed E-state index contributed by atoms with van der Waals surface area (Å²) < 4.78 is 5.04. The van der Waals surface area contributed by atoms with E-state index in [1.807, 2.05) is 6.92 Å². The van der Waals surface area contributed by atoms with Crippen LogP contribution in [0, 0.1) is 0 Å². The zero-order valence-corrected chi connectivity index (χ0v) is 12.7. The van der Waals surface area contributed by atoms with Crippen molar-refractivity contribution >= 4 is 29.3 Å². The highest BCUT2D eigenvalue weighted by Crippen LogP contribution is 2.27. The van der Waals surface area contributed by atoms with Gasteiger partial charge >= 0.3 is 12.0 Å². The maximum atomic E-state index is 11.8. The van der Waals surface area contributed by atoms with Crippen LogP contribution in [0.3, 0.4) is 0 Å². The Morgan fingerprint density at radius 3 is 2.71 bits per heavy atom. The molecule has 0 radical (unpaired) electrons. The van der Waals surface area contributed by atoms with E-state index in [2.05, 4.69) is 10.6 Å². The molecular formula is C14H19ClN2O4. The number of ether oxygens (including phenoxy) is 1. The molecular weight excluding hydrogens is 296 g/mol. The highest BCUT2D eigenvalue weighted by Gasteiger charge is 2.19. The molecule has 2 amide bonds. The fraction of sp³-hybridized carbons (Fsp3) is 0.429. The highest BCUT2D eigenvalue weighted by molar-refractivity contribution is 6.32. The maximum Gasteiger partial charge on any atom is 0.326 e. The fourth-order valence-electron chi connectivity index (χ4n) is 1.73. The first kappa shape index (κ1) is 17.1.